The second-order valence-corrected chi connectivity index (χ2v) is 6.12. The Morgan fingerprint density at radius 2 is 1.22 bits per heavy atom. The fourth-order valence-electron chi connectivity index (χ4n) is 3.76. The Labute approximate surface area is 136 Å². The zero-order chi connectivity index (χ0) is 15.8. The third kappa shape index (κ3) is 2.20. The highest BCUT2D eigenvalue weighted by atomic mass is 16.5. The van der Waals surface area contributed by atoms with Crippen molar-refractivity contribution < 1.29 is 4.74 Å². The molecule has 3 aromatic carbocycles. The van der Waals surface area contributed by atoms with Gasteiger partial charge in [-0.1, -0.05) is 60.7 Å². The molecule has 0 spiro atoms. The van der Waals surface area contributed by atoms with Crippen LogP contribution >= 0.6 is 0 Å². The standard InChI is InChI=1S/C22H20O/c1-3-7-19-17-11-5-9-15-13-14-16-10-6-12-18(22(16)21(15)17)20(23-19)8-4-2/h3-6,9-14,19-20H,1-2,7-8H2. The average molecular weight is 300 g/mol. The van der Waals surface area contributed by atoms with Crippen LogP contribution in [0.4, 0.5) is 0 Å². The van der Waals surface area contributed by atoms with E-state index >= 15 is 0 Å². The Morgan fingerprint density at radius 3 is 1.65 bits per heavy atom. The minimum atomic E-state index is 0.0409. The molecule has 0 amide bonds. The van der Waals surface area contributed by atoms with Crippen molar-refractivity contribution in [3.63, 3.8) is 0 Å². The van der Waals surface area contributed by atoms with Gasteiger partial charge in [-0.05, 0) is 45.5 Å². The summed E-state index contributed by atoms with van der Waals surface area (Å²) in [6.07, 6.45) is 5.61. The van der Waals surface area contributed by atoms with Gasteiger partial charge in [0.05, 0.1) is 12.2 Å². The van der Waals surface area contributed by atoms with Crippen molar-refractivity contribution in [2.45, 2.75) is 25.0 Å². The highest BCUT2D eigenvalue weighted by Crippen LogP contribution is 2.44. The van der Waals surface area contributed by atoms with Gasteiger partial charge < -0.3 is 4.74 Å². The molecule has 0 aliphatic carbocycles. The molecule has 1 heteroatoms. The van der Waals surface area contributed by atoms with E-state index in [1.54, 1.807) is 0 Å². The van der Waals surface area contributed by atoms with Crippen molar-refractivity contribution in [2.75, 3.05) is 0 Å². The Kier molecular flexibility index (Phi) is 3.51. The summed E-state index contributed by atoms with van der Waals surface area (Å²) in [5.41, 5.74) is 2.54. The Balaban J connectivity index is 2.13. The highest BCUT2D eigenvalue weighted by Gasteiger charge is 2.26. The van der Waals surface area contributed by atoms with Gasteiger partial charge >= 0.3 is 0 Å². The van der Waals surface area contributed by atoms with Gasteiger partial charge in [-0.25, -0.2) is 0 Å². The van der Waals surface area contributed by atoms with E-state index in [1.165, 1.54) is 32.7 Å². The summed E-state index contributed by atoms with van der Waals surface area (Å²) in [5.74, 6) is 0. The summed E-state index contributed by atoms with van der Waals surface area (Å²) in [4.78, 5) is 0. The molecule has 1 nitrogen and oxygen atoms in total. The molecule has 0 saturated heterocycles. The van der Waals surface area contributed by atoms with Crippen LogP contribution in [-0.4, -0.2) is 0 Å². The first kappa shape index (κ1) is 14.2. The van der Waals surface area contributed by atoms with Crippen LogP contribution in [0.3, 0.4) is 0 Å². The van der Waals surface area contributed by atoms with Crippen molar-refractivity contribution in [3.05, 3.63) is 85.0 Å². The first-order valence-electron chi connectivity index (χ1n) is 8.15. The van der Waals surface area contributed by atoms with E-state index in [2.05, 4.69) is 61.7 Å². The quantitative estimate of drug-likeness (QED) is 0.408. The molecule has 0 saturated carbocycles. The second kappa shape index (κ2) is 5.68. The fourth-order valence-corrected chi connectivity index (χ4v) is 3.76. The molecule has 0 fully saturated rings. The Hall–Kier alpha value is -2.38. The van der Waals surface area contributed by atoms with Gasteiger partial charge in [-0.2, -0.15) is 0 Å². The third-order valence-corrected chi connectivity index (χ3v) is 4.73. The summed E-state index contributed by atoms with van der Waals surface area (Å²) in [6, 6.07) is 17.4. The van der Waals surface area contributed by atoms with Gasteiger partial charge in [-0.3, -0.25) is 0 Å². The molecule has 114 valence electrons. The summed E-state index contributed by atoms with van der Waals surface area (Å²) < 4.78 is 6.51. The van der Waals surface area contributed by atoms with E-state index in [-0.39, 0.29) is 12.2 Å². The number of ether oxygens (including phenoxy) is 1. The van der Waals surface area contributed by atoms with E-state index < -0.39 is 0 Å². The molecular formula is C22H20O. The fraction of sp³-hybridized carbons (Fsp3) is 0.182. The monoisotopic (exact) mass is 300 g/mol. The zero-order valence-corrected chi connectivity index (χ0v) is 13.2. The SMILES string of the molecule is C=CCC1OC(CC=C)c2cccc3ccc4cccc1c4c23. The highest BCUT2D eigenvalue weighted by molar-refractivity contribution is 6.11. The lowest BCUT2D eigenvalue weighted by molar-refractivity contribution is -0.00927. The number of rotatable bonds is 4. The molecular weight excluding hydrogens is 280 g/mol. The van der Waals surface area contributed by atoms with Crippen LogP contribution in [0.25, 0.3) is 21.5 Å². The lowest BCUT2D eigenvalue weighted by Gasteiger charge is -2.22. The van der Waals surface area contributed by atoms with Crippen LogP contribution in [0.1, 0.15) is 36.2 Å². The molecule has 0 aromatic heterocycles. The molecule has 1 heterocycles. The van der Waals surface area contributed by atoms with E-state index in [0.717, 1.165) is 12.8 Å². The average Bonchev–Trinajstić information content (AvgIpc) is 2.71. The minimum absolute atomic E-state index is 0.0409. The number of benzene rings is 3. The maximum atomic E-state index is 6.51. The lowest BCUT2D eigenvalue weighted by atomic mass is 9.91. The first-order chi connectivity index (χ1) is 11.3. The molecule has 2 unspecified atom stereocenters. The van der Waals surface area contributed by atoms with Gasteiger partial charge in [-0.15, -0.1) is 13.2 Å². The molecule has 0 radical (unpaired) electrons. The van der Waals surface area contributed by atoms with Crippen molar-refractivity contribution in [2.24, 2.45) is 0 Å². The van der Waals surface area contributed by atoms with Crippen molar-refractivity contribution in [3.8, 4) is 0 Å². The van der Waals surface area contributed by atoms with E-state index in [0.29, 0.717) is 0 Å². The van der Waals surface area contributed by atoms with E-state index in [1.807, 2.05) is 12.2 Å². The normalized spacial score (nSPS) is 19.8. The molecule has 4 rings (SSSR count). The zero-order valence-electron chi connectivity index (χ0n) is 13.2. The van der Waals surface area contributed by atoms with E-state index in [9.17, 15) is 0 Å². The van der Waals surface area contributed by atoms with Crippen molar-refractivity contribution >= 4 is 21.5 Å². The summed E-state index contributed by atoms with van der Waals surface area (Å²) in [6.45, 7) is 7.84. The molecule has 0 bridgehead atoms. The maximum Gasteiger partial charge on any atom is 0.0873 e. The summed E-state index contributed by atoms with van der Waals surface area (Å²) in [5, 5.41) is 5.22. The summed E-state index contributed by atoms with van der Waals surface area (Å²) >= 11 is 0. The van der Waals surface area contributed by atoms with Gasteiger partial charge in [0.2, 0.25) is 0 Å². The Bertz CT molecular complexity index is 832. The topological polar surface area (TPSA) is 9.23 Å². The van der Waals surface area contributed by atoms with Crippen LogP contribution < -0.4 is 0 Å². The second-order valence-electron chi connectivity index (χ2n) is 6.12. The van der Waals surface area contributed by atoms with Gasteiger partial charge in [0.1, 0.15) is 0 Å². The molecule has 23 heavy (non-hydrogen) atoms. The van der Waals surface area contributed by atoms with Gasteiger partial charge in [0.15, 0.2) is 0 Å². The van der Waals surface area contributed by atoms with E-state index in [4.69, 9.17) is 4.74 Å². The van der Waals surface area contributed by atoms with Crippen molar-refractivity contribution in [1.29, 1.82) is 0 Å². The van der Waals surface area contributed by atoms with Crippen LogP contribution in [0.5, 0.6) is 0 Å². The lowest BCUT2D eigenvalue weighted by Crippen LogP contribution is -2.08. The van der Waals surface area contributed by atoms with Gasteiger partial charge in [0, 0.05) is 0 Å². The van der Waals surface area contributed by atoms with Gasteiger partial charge in [0.25, 0.3) is 0 Å². The largest absolute Gasteiger partial charge is 0.365 e. The maximum absolute atomic E-state index is 6.51. The molecule has 0 N–H and O–H groups in total. The molecule has 1 aliphatic rings. The first-order valence-corrected chi connectivity index (χ1v) is 8.15. The third-order valence-electron chi connectivity index (χ3n) is 4.73. The van der Waals surface area contributed by atoms with Crippen LogP contribution in [-0.2, 0) is 4.74 Å². The van der Waals surface area contributed by atoms with Crippen LogP contribution in [0, 0.1) is 0 Å². The number of hydrogen-bond donors (Lipinski definition) is 0. The predicted molar refractivity (Wildman–Crippen MR) is 97.6 cm³/mol. The predicted octanol–water partition coefficient (Wildman–Crippen LogP) is 6.26. The number of hydrogen-bond acceptors (Lipinski definition) is 1. The van der Waals surface area contributed by atoms with Crippen LogP contribution in [0.15, 0.2) is 73.8 Å². The molecule has 3 aromatic rings. The summed E-state index contributed by atoms with van der Waals surface area (Å²) in [7, 11) is 0. The minimum Gasteiger partial charge on any atom is -0.365 e. The Morgan fingerprint density at radius 1 is 0.739 bits per heavy atom. The van der Waals surface area contributed by atoms with Crippen molar-refractivity contribution in [1.82, 2.24) is 0 Å². The smallest absolute Gasteiger partial charge is 0.0873 e. The molecule has 1 aliphatic heterocycles. The van der Waals surface area contributed by atoms with Crippen LogP contribution in [0.2, 0.25) is 0 Å². The molecule has 2 atom stereocenters.